The van der Waals surface area contributed by atoms with E-state index in [-0.39, 0.29) is 11.9 Å². The van der Waals surface area contributed by atoms with Crippen LogP contribution in [0.1, 0.15) is 12.5 Å². The van der Waals surface area contributed by atoms with Crippen molar-refractivity contribution in [2.24, 2.45) is 0 Å². The zero-order valence-corrected chi connectivity index (χ0v) is 16.2. The predicted molar refractivity (Wildman–Crippen MR) is 103 cm³/mol. The lowest BCUT2D eigenvalue weighted by molar-refractivity contribution is -0.120. The number of thiazole rings is 1. The van der Waals surface area contributed by atoms with Crippen LogP contribution in [0.5, 0.6) is 0 Å². The lowest BCUT2D eigenvalue weighted by Gasteiger charge is -2.37. The minimum Gasteiger partial charge on any atom is -0.346 e. The Morgan fingerprint density at radius 2 is 2.08 bits per heavy atom. The highest BCUT2D eigenvalue weighted by atomic mass is 79.9. The smallest absolute Gasteiger partial charge is 0.241 e. The summed E-state index contributed by atoms with van der Waals surface area (Å²) in [4.78, 5) is 21.4. The van der Waals surface area contributed by atoms with E-state index in [1.165, 1.54) is 0 Å². The minimum atomic E-state index is -0.156. The third-order valence-corrected chi connectivity index (χ3v) is 5.80. The highest BCUT2D eigenvalue weighted by molar-refractivity contribution is 9.10. The maximum Gasteiger partial charge on any atom is 0.241 e. The minimum absolute atomic E-state index is 0.0299. The molecule has 0 bridgehead atoms. The fourth-order valence-electron chi connectivity index (χ4n) is 2.80. The normalized spacial score (nSPS) is 16.9. The molecule has 0 radical (unpaired) electrons. The molecule has 1 aliphatic heterocycles. The Hall–Kier alpha value is -1.44. The van der Waals surface area contributed by atoms with Crippen molar-refractivity contribution in [2.75, 3.05) is 36.4 Å². The summed E-state index contributed by atoms with van der Waals surface area (Å²) >= 11 is 5.17. The van der Waals surface area contributed by atoms with Crippen molar-refractivity contribution in [3.8, 4) is 0 Å². The van der Waals surface area contributed by atoms with E-state index in [2.05, 4.69) is 36.0 Å². The summed E-state index contributed by atoms with van der Waals surface area (Å²) in [5.41, 5.74) is 1.98. The summed E-state index contributed by atoms with van der Waals surface area (Å²) in [6, 6.07) is 5.78. The van der Waals surface area contributed by atoms with Crippen LogP contribution in [-0.4, -0.2) is 48.0 Å². The molecule has 128 valence electrons. The van der Waals surface area contributed by atoms with Crippen LogP contribution in [0, 0.1) is 6.92 Å². The first-order valence-electron chi connectivity index (χ1n) is 8.00. The Balaban J connectivity index is 1.56. The number of piperazine rings is 1. The van der Waals surface area contributed by atoms with Gasteiger partial charge in [0, 0.05) is 42.2 Å². The number of aromatic nitrogens is 1. The summed E-state index contributed by atoms with van der Waals surface area (Å²) in [5, 5.41) is 6.08. The molecule has 0 unspecified atom stereocenters. The highest BCUT2D eigenvalue weighted by Crippen LogP contribution is 2.24. The number of carbonyl (C=O) groups is 1. The van der Waals surface area contributed by atoms with Gasteiger partial charge in [0.25, 0.3) is 0 Å². The third-order valence-electron chi connectivity index (χ3n) is 4.31. The lowest BCUT2D eigenvalue weighted by atomic mass is 10.2. The van der Waals surface area contributed by atoms with E-state index in [1.807, 2.05) is 43.6 Å². The maximum atomic E-state index is 12.6. The summed E-state index contributed by atoms with van der Waals surface area (Å²) in [5.74, 6) is 0.0299. The number of amides is 1. The molecular weight excluding hydrogens is 388 g/mol. The second kappa shape index (κ2) is 7.63. The molecule has 1 aromatic heterocycles. The molecule has 1 aliphatic rings. The second-order valence-corrected chi connectivity index (χ2v) is 7.71. The van der Waals surface area contributed by atoms with Crippen molar-refractivity contribution >= 4 is 44.0 Å². The van der Waals surface area contributed by atoms with Crippen LogP contribution in [0.2, 0.25) is 0 Å². The Labute approximate surface area is 154 Å². The summed E-state index contributed by atoms with van der Waals surface area (Å²) in [6.07, 6.45) is 1.84. The average Bonchev–Trinajstić information content (AvgIpc) is 3.11. The summed E-state index contributed by atoms with van der Waals surface area (Å²) in [7, 11) is 0. The fraction of sp³-hybridized carbons (Fsp3) is 0.412. The number of nitrogens with one attached hydrogen (secondary N) is 1. The second-order valence-electron chi connectivity index (χ2n) is 5.99. The van der Waals surface area contributed by atoms with Gasteiger partial charge in [0.15, 0.2) is 5.13 Å². The molecule has 1 N–H and O–H groups in total. The van der Waals surface area contributed by atoms with Crippen molar-refractivity contribution in [1.82, 2.24) is 9.88 Å². The molecule has 1 atom stereocenters. The lowest BCUT2D eigenvalue weighted by Crippen LogP contribution is -2.52. The van der Waals surface area contributed by atoms with Crippen molar-refractivity contribution in [2.45, 2.75) is 19.9 Å². The summed E-state index contributed by atoms with van der Waals surface area (Å²) < 4.78 is 0.914. The van der Waals surface area contributed by atoms with Crippen LogP contribution in [0.4, 0.5) is 10.8 Å². The average molecular weight is 409 g/mol. The number of carbonyl (C=O) groups excluding carboxylic acids is 1. The van der Waals surface area contributed by atoms with Gasteiger partial charge in [-0.2, -0.15) is 0 Å². The van der Waals surface area contributed by atoms with Crippen LogP contribution < -0.4 is 10.2 Å². The number of halogens is 1. The Morgan fingerprint density at radius 1 is 1.33 bits per heavy atom. The van der Waals surface area contributed by atoms with Crippen molar-refractivity contribution in [1.29, 1.82) is 0 Å². The van der Waals surface area contributed by atoms with Gasteiger partial charge in [-0.3, -0.25) is 9.69 Å². The molecule has 5 nitrogen and oxygen atoms in total. The Kier molecular flexibility index (Phi) is 5.53. The Morgan fingerprint density at radius 3 is 2.71 bits per heavy atom. The molecule has 0 spiro atoms. The molecule has 1 fully saturated rings. The quantitative estimate of drug-likeness (QED) is 0.842. The van der Waals surface area contributed by atoms with Gasteiger partial charge in [0.2, 0.25) is 5.91 Å². The number of rotatable bonds is 4. The predicted octanol–water partition coefficient (Wildman–Crippen LogP) is 3.36. The fourth-order valence-corrected chi connectivity index (χ4v) is 4.09. The SMILES string of the molecule is Cc1ccc(NC(=O)[C@@H](C)N2CCN(c3nccs3)CC2)c(Br)c1. The van der Waals surface area contributed by atoms with Crippen LogP contribution in [0.25, 0.3) is 0 Å². The molecule has 24 heavy (non-hydrogen) atoms. The van der Waals surface area contributed by atoms with Gasteiger partial charge in [-0.05, 0) is 47.5 Å². The number of aryl methyl sites for hydroxylation is 1. The van der Waals surface area contributed by atoms with E-state index in [1.54, 1.807) is 11.3 Å². The molecule has 0 saturated carbocycles. The van der Waals surface area contributed by atoms with E-state index in [0.29, 0.717) is 0 Å². The highest BCUT2D eigenvalue weighted by Gasteiger charge is 2.26. The van der Waals surface area contributed by atoms with Gasteiger partial charge in [0.1, 0.15) is 0 Å². The van der Waals surface area contributed by atoms with Gasteiger partial charge in [0.05, 0.1) is 11.7 Å². The molecule has 1 aromatic carbocycles. The standard InChI is InChI=1S/C17H21BrN4OS/c1-12-3-4-15(14(18)11-12)20-16(23)13(2)21-6-8-22(9-7-21)17-19-5-10-24-17/h3-5,10-11,13H,6-9H2,1-2H3,(H,20,23)/t13-/m1/s1. The summed E-state index contributed by atoms with van der Waals surface area (Å²) in [6.45, 7) is 7.53. The zero-order chi connectivity index (χ0) is 17.1. The van der Waals surface area contributed by atoms with E-state index < -0.39 is 0 Å². The monoisotopic (exact) mass is 408 g/mol. The molecule has 2 heterocycles. The number of hydrogen-bond donors (Lipinski definition) is 1. The van der Waals surface area contributed by atoms with Crippen LogP contribution in [-0.2, 0) is 4.79 Å². The van der Waals surface area contributed by atoms with Gasteiger partial charge in [-0.25, -0.2) is 4.98 Å². The molecule has 7 heteroatoms. The first kappa shape index (κ1) is 17.4. The van der Waals surface area contributed by atoms with Gasteiger partial charge in [-0.15, -0.1) is 11.3 Å². The van der Waals surface area contributed by atoms with Crippen LogP contribution in [0.15, 0.2) is 34.2 Å². The Bertz CT molecular complexity index is 699. The number of benzene rings is 1. The first-order valence-corrected chi connectivity index (χ1v) is 9.67. The third kappa shape index (κ3) is 3.96. The molecule has 1 saturated heterocycles. The van der Waals surface area contributed by atoms with E-state index >= 15 is 0 Å². The van der Waals surface area contributed by atoms with Crippen molar-refractivity contribution < 1.29 is 4.79 Å². The van der Waals surface area contributed by atoms with E-state index in [0.717, 1.165) is 47.0 Å². The zero-order valence-electron chi connectivity index (χ0n) is 13.8. The topological polar surface area (TPSA) is 48.5 Å². The molecule has 3 rings (SSSR count). The van der Waals surface area contributed by atoms with E-state index in [9.17, 15) is 4.79 Å². The molecular formula is C17H21BrN4OS. The molecule has 0 aliphatic carbocycles. The van der Waals surface area contributed by atoms with Crippen LogP contribution >= 0.6 is 27.3 Å². The van der Waals surface area contributed by atoms with Crippen molar-refractivity contribution in [3.63, 3.8) is 0 Å². The molecule has 2 aromatic rings. The first-order chi connectivity index (χ1) is 11.5. The van der Waals surface area contributed by atoms with Gasteiger partial charge >= 0.3 is 0 Å². The number of hydrogen-bond acceptors (Lipinski definition) is 5. The largest absolute Gasteiger partial charge is 0.346 e. The number of anilines is 2. The van der Waals surface area contributed by atoms with Gasteiger partial charge in [-0.1, -0.05) is 6.07 Å². The maximum absolute atomic E-state index is 12.6. The van der Waals surface area contributed by atoms with Crippen molar-refractivity contribution in [3.05, 3.63) is 39.8 Å². The van der Waals surface area contributed by atoms with Crippen LogP contribution in [0.3, 0.4) is 0 Å². The number of nitrogens with zero attached hydrogens (tertiary/aromatic N) is 3. The molecule has 1 amide bonds. The van der Waals surface area contributed by atoms with E-state index in [4.69, 9.17) is 0 Å². The van der Waals surface area contributed by atoms with Gasteiger partial charge < -0.3 is 10.2 Å².